The highest BCUT2D eigenvalue weighted by Crippen LogP contribution is 2.00. The Labute approximate surface area is 86.1 Å². The Hall–Kier alpha value is -0.610. The third-order valence-electron chi connectivity index (χ3n) is 2.27. The van der Waals surface area contributed by atoms with Crippen LogP contribution in [0.1, 0.15) is 26.7 Å². The number of carbonyl (C=O) groups excluding carboxylic acids is 1. The molecule has 0 aliphatic heterocycles. The van der Waals surface area contributed by atoms with Crippen LogP contribution in [0.15, 0.2) is 0 Å². The van der Waals surface area contributed by atoms with Crippen LogP contribution in [0.3, 0.4) is 0 Å². The lowest BCUT2D eigenvalue weighted by molar-refractivity contribution is -0.120. The first-order valence-corrected chi connectivity index (χ1v) is 5.16. The lowest BCUT2D eigenvalue weighted by Crippen LogP contribution is -2.37. The van der Waals surface area contributed by atoms with Gasteiger partial charge in [0.25, 0.3) is 0 Å². The molecule has 0 heterocycles. The quantitative estimate of drug-likeness (QED) is 0.514. The van der Waals surface area contributed by atoms with Gasteiger partial charge in [-0.1, -0.05) is 13.8 Å². The highest BCUT2D eigenvalue weighted by Gasteiger charge is 2.10. The van der Waals surface area contributed by atoms with E-state index in [-0.39, 0.29) is 18.6 Å². The minimum absolute atomic E-state index is 0.0666. The van der Waals surface area contributed by atoms with Crippen LogP contribution in [-0.4, -0.2) is 37.3 Å². The van der Waals surface area contributed by atoms with Crippen molar-refractivity contribution < 1.29 is 9.90 Å². The Bertz CT molecular complexity index is 160. The SMILES string of the molecule is CNC(=O)CCCNC(CO)C(C)C. The van der Waals surface area contributed by atoms with Crippen LogP contribution in [0.2, 0.25) is 0 Å². The molecule has 0 saturated carbocycles. The number of carbonyl (C=O) groups is 1. The van der Waals surface area contributed by atoms with Crippen LogP contribution in [0.5, 0.6) is 0 Å². The Kier molecular flexibility index (Phi) is 7.42. The van der Waals surface area contributed by atoms with Crippen molar-refractivity contribution in [1.82, 2.24) is 10.6 Å². The smallest absolute Gasteiger partial charge is 0.219 e. The van der Waals surface area contributed by atoms with Gasteiger partial charge in [-0.25, -0.2) is 0 Å². The molecular weight excluding hydrogens is 180 g/mol. The second kappa shape index (κ2) is 7.76. The lowest BCUT2D eigenvalue weighted by atomic mass is 10.1. The predicted octanol–water partition coefficient (Wildman–Crippen LogP) is 0.119. The van der Waals surface area contributed by atoms with Gasteiger partial charge in [-0.15, -0.1) is 0 Å². The highest BCUT2D eigenvalue weighted by molar-refractivity contribution is 5.75. The van der Waals surface area contributed by atoms with E-state index in [9.17, 15) is 4.79 Å². The van der Waals surface area contributed by atoms with Crippen LogP contribution < -0.4 is 10.6 Å². The van der Waals surface area contributed by atoms with Gasteiger partial charge in [-0.05, 0) is 18.9 Å². The van der Waals surface area contributed by atoms with Gasteiger partial charge in [0.05, 0.1) is 6.61 Å². The fourth-order valence-electron chi connectivity index (χ4n) is 1.17. The molecule has 0 saturated heterocycles. The maximum atomic E-state index is 10.9. The standard InChI is InChI=1S/C10H22N2O2/c1-8(2)9(7-13)12-6-4-5-10(14)11-3/h8-9,12-13H,4-7H2,1-3H3,(H,11,14). The molecule has 4 heteroatoms. The molecule has 3 N–H and O–H groups in total. The van der Waals surface area contributed by atoms with Crippen molar-refractivity contribution in [3.8, 4) is 0 Å². The van der Waals surface area contributed by atoms with Crippen molar-refractivity contribution in [3.05, 3.63) is 0 Å². The van der Waals surface area contributed by atoms with E-state index in [1.807, 2.05) is 0 Å². The van der Waals surface area contributed by atoms with Gasteiger partial charge in [0.1, 0.15) is 0 Å². The summed E-state index contributed by atoms with van der Waals surface area (Å²) < 4.78 is 0. The second-order valence-electron chi connectivity index (χ2n) is 3.76. The Morgan fingerprint density at radius 2 is 2.07 bits per heavy atom. The van der Waals surface area contributed by atoms with Gasteiger partial charge in [0, 0.05) is 19.5 Å². The normalized spacial score (nSPS) is 12.9. The number of aliphatic hydroxyl groups is 1. The van der Waals surface area contributed by atoms with Gasteiger partial charge in [0.2, 0.25) is 5.91 Å². The van der Waals surface area contributed by atoms with E-state index in [1.54, 1.807) is 7.05 Å². The molecule has 0 spiro atoms. The fraction of sp³-hybridized carbons (Fsp3) is 0.900. The van der Waals surface area contributed by atoms with Gasteiger partial charge in [0.15, 0.2) is 0 Å². The largest absolute Gasteiger partial charge is 0.395 e. The average molecular weight is 202 g/mol. The summed E-state index contributed by atoms with van der Waals surface area (Å²) in [6, 6.07) is 0.139. The number of hydrogen-bond acceptors (Lipinski definition) is 3. The molecule has 84 valence electrons. The van der Waals surface area contributed by atoms with Crippen LogP contribution in [0.4, 0.5) is 0 Å². The molecule has 0 fully saturated rings. The first-order chi connectivity index (χ1) is 6.61. The lowest BCUT2D eigenvalue weighted by Gasteiger charge is -2.19. The number of amides is 1. The molecule has 4 nitrogen and oxygen atoms in total. The summed E-state index contributed by atoms with van der Waals surface area (Å²) in [5, 5.41) is 14.8. The minimum atomic E-state index is 0.0666. The summed E-state index contributed by atoms with van der Waals surface area (Å²) in [6.45, 7) is 5.05. The molecule has 1 atom stereocenters. The molecule has 0 radical (unpaired) electrons. The van der Waals surface area contributed by atoms with Gasteiger partial charge < -0.3 is 15.7 Å². The van der Waals surface area contributed by atoms with Crippen LogP contribution in [0.25, 0.3) is 0 Å². The Balaban J connectivity index is 3.47. The summed E-state index contributed by atoms with van der Waals surface area (Å²) in [7, 11) is 1.64. The third-order valence-corrected chi connectivity index (χ3v) is 2.27. The van der Waals surface area contributed by atoms with E-state index in [0.29, 0.717) is 12.3 Å². The van der Waals surface area contributed by atoms with Crippen molar-refractivity contribution in [2.75, 3.05) is 20.2 Å². The molecule has 1 amide bonds. The van der Waals surface area contributed by atoms with E-state index in [2.05, 4.69) is 24.5 Å². The van der Waals surface area contributed by atoms with Crippen LogP contribution in [0, 0.1) is 5.92 Å². The van der Waals surface area contributed by atoms with Crippen molar-refractivity contribution in [2.24, 2.45) is 5.92 Å². The fourth-order valence-corrected chi connectivity index (χ4v) is 1.17. The summed E-state index contributed by atoms with van der Waals surface area (Å²) in [5.41, 5.74) is 0. The molecule has 14 heavy (non-hydrogen) atoms. The minimum Gasteiger partial charge on any atom is -0.395 e. The Morgan fingerprint density at radius 1 is 1.43 bits per heavy atom. The summed E-state index contributed by atoms with van der Waals surface area (Å²) in [6.07, 6.45) is 1.35. The van der Waals surface area contributed by atoms with E-state index in [1.165, 1.54) is 0 Å². The second-order valence-corrected chi connectivity index (χ2v) is 3.76. The third kappa shape index (κ3) is 5.94. The molecule has 0 aromatic carbocycles. The molecule has 1 unspecified atom stereocenters. The predicted molar refractivity (Wildman–Crippen MR) is 57.0 cm³/mol. The van der Waals surface area contributed by atoms with E-state index in [4.69, 9.17) is 5.11 Å². The zero-order chi connectivity index (χ0) is 11.0. The molecular formula is C10H22N2O2. The Morgan fingerprint density at radius 3 is 2.50 bits per heavy atom. The number of hydrogen-bond donors (Lipinski definition) is 3. The number of nitrogens with one attached hydrogen (secondary N) is 2. The van der Waals surface area contributed by atoms with Gasteiger partial charge >= 0.3 is 0 Å². The molecule has 0 aliphatic rings. The monoisotopic (exact) mass is 202 g/mol. The van der Waals surface area contributed by atoms with Crippen LogP contribution in [-0.2, 0) is 4.79 Å². The molecule has 0 aliphatic carbocycles. The average Bonchev–Trinajstić information content (AvgIpc) is 2.16. The zero-order valence-corrected chi connectivity index (χ0v) is 9.34. The highest BCUT2D eigenvalue weighted by atomic mass is 16.3. The van der Waals surface area contributed by atoms with E-state index >= 15 is 0 Å². The maximum absolute atomic E-state index is 10.9. The maximum Gasteiger partial charge on any atom is 0.219 e. The van der Waals surface area contributed by atoms with Gasteiger partial charge in [-0.3, -0.25) is 4.79 Å². The molecule has 0 aromatic heterocycles. The van der Waals surface area contributed by atoms with Crippen LogP contribution >= 0.6 is 0 Å². The van der Waals surface area contributed by atoms with Gasteiger partial charge in [-0.2, -0.15) is 0 Å². The molecule has 0 aromatic rings. The van der Waals surface area contributed by atoms with E-state index < -0.39 is 0 Å². The summed E-state index contributed by atoms with van der Waals surface area (Å²) in [4.78, 5) is 10.9. The van der Waals surface area contributed by atoms with Crippen molar-refractivity contribution in [2.45, 2.75) is 32.7 Å². The first kappa shape index (κ1) is 13.4. The first-order valence-electron chi connectivity index (χ1n) is 5.16. The number of rotatable bonds is 7. The molecule has 0 rings (SSSR count). The topological polar surface area (TPSA) is 61.4 Å². The van der Waals surface area contributed by atoms with Crippen molar-refractivity contribution >= 4 is 5.91 Å². The van der Waals surface area contributed by atoms with E-state index in [0.717, 1.165) is 13.0 Å². The zero-order valence-electron chi connectivity index (χ0n) is 9.34. The van der Waals surface area contributed by atoms with Crippen molar-refractivity contribution in [3.63, 3.8) is 0 Å². The van der Waals surface area contributed by atoms with Crippen molar-refractivity contribution in [1.29, 1.82) is 0 Å². The summed E-state index contributed by atoms with van der Waals surface area (Å²) >= 11 is 0. The number of aliphatic hydroxyl groups excluding tert-OH is 1. The molecule has 0 bridgehead atoms. The summed E-state index contributed by atoms with van der Waals surface area (Å²) in [5.74, 6) is 0.483.